The van der Waals surface area contributed by atoms with E-state index in [1.807, 2.05) is 47.2 Å². The quantitative estimate of drug-likeness (QED) is 0.0179. The van der Waals surface area contributed by atoms with Gasteiger partial charge in [-0.15, -0.1) is 11.8 Å². The van der Waals surface area contributed by atoms with Crippen molar-refractivity contribution in [1.82, 2.24) is 29.6 Å². The Hall–Kier alpha value is -7.45. The number of carbonyl (C=O) groups excluding carboxylic acids is 6. The Morgan fingerprint density at radius 1 is 0.730 bits per heavy atom. The predicted octanol–water partition coefficient (Wildman–Crippen LogP) is 8.22. The molecule has 1 aliphatic carbocycles. The van der Waals surface area contributed by atoms with Gasteiger partial charge in [-0.05, 0) is 128 Å². The number of allylic oxidation sites excluding steroid dienone is 1. The van der Waals surface area contributed by atoms with Gasteiger partial charge >= 0.3 is 5.51 Å². The number of piperazine rings is 2. The van der Waals surface area contributed by atoms with E-state index >= 15 is 0 Å². The molecule has 6 amide bonds. The van der Waals surface area contributed by atoms with Crippen molar-refractivity contribution < 1.29 is 77.7 Å². The lowest BCUT2D eigenvalue weighted by Crippen LogP contribution is -2.54. The van der Waals surface area contributed by atoms with Gasteiger partial charge in [0.05, 0.1) is 68.0 Å². The molecule has 3 fully saturated rings. The summed E-state index contributed by atoms with van der Waals surface area (Å²) in [6.45, 7) is 12.3. The highest BCUT2D eigenvalue weighted by molar-refractivity contribution is 7.99. The molecule has 30 heteroatoms. The number of carbonyl (C=O) groups is 6. The number of sulfonamides is 1. The Labute approximate surface area is 589 Å². The average Bonchev–Trinajstić information content (AvgIpc) is 1.54. The molecule has 0 saturated carbocycles. The third kappa shape index (κ3) is 19.6. The fraction of sp³-hybridized carbons (Fsp3) is 0.457. The second kappa shape index (κ2) is 34.0. The number of fused-ring (bicyclic) bond motifs is 1. The summed E-state index contributed by atoms with van der Waals surface area (Å²) in [7, 11) is -11.1. The molecule has 0 radical (unpaired) electrons. The van der Waals surface area contributed by atoms with Gasteiger partial charge < -0.3 is 39.4 Å². The van der Waals surface area contributed by atoms with Gasteiger partial charge in [-0.25, -0.2) is 21.6 Å². The van der Waals surface area contributed by atoms with Gasteiger partial charge in [0.1, 0.15) is 17.5 Å². The van der Waals surface area contributed by atoms with E-state index in [1.165, 1.54) is 46.7 Å². The van der Waals surface area contributed by atoms with Crippen molar-refractivity contribution in [3.63, 3.8) is 0 Å². The summed E-state index contributed by atoms with van der Waals surface area (Å²) in [6.07, 6.45) is 3.47. The number of ether oxygens (including phenoxy) is 4. The van der Waals surface area contributed by atoms with Crippen LogP contribution in [0.15, 0.2) is 136 Å². The minimum atomic E-state index is -6.17. The fourth-order valence-corrected chi connectivity index (χ4v) is 15.9. The fourth-order valence-electron chi connectivity index (χ4n) is 12.7. The van der Waals surface area contributed by atoms with Crippen LogP contribution in [0.2, 0.25) is 5.02 Å². The van der Waals surface area contributed by atoms with Gasteiger partial charge in [0.15, 0.2) is 0 Å². The van der Waals surface area contributed by atoms with Crippen LogP contribution in [0.25, 0.3) is 5.57 Å². The van der Waals surface area contributed by atoms with Gasteiger partial charge in [-0.1, -0.05) is 67.4 Å². The van der Waals surface area contributed by atoms with Crippen LogP contribution in [0.5, 0.6) is 0 Å². The lowest BCUT2D eigenvalue weighted by atomic mass is 9.73. The van der Waals surface area contributed by atoms with Crippen LogP contribution in [-0.2, 0) is 53.2 Å². The van der Waals surface area contributed by atoms with Crippen molar-refractivity contribution in [3.8, 4) is 0 Å². The number of halogens is 4. The number of anilines is 3. The average molecular weight is 1460 g/mol. The first kappa shape index (κ1) is 75.2. The Kier molecular flexibility index (Phi) is 25.6. The van der Waals surface area contributed by atoms with E-state index < -0.39 is 82.5 Å². The van der Waals surface area contributed by atoms with Gasteiger partial charge in [0.2, 0.25) is 17.7 Å². The summed E-state index contributed by atoms with van der Waals surface area (Å²) >= 11 is 7.61. The number of benzene rings is 5. The summed E-state index contributed by atoms with van der Waals surface area (Å²) in [6, 6.07) is 29.0. The summed E-state index contributed by atoms with van der Waals surface area (Å²) in [5, 5.41) is 9.00. The summed E-state index contributed by atoms with van der Waals surface area (Å²) in [5.41, 5.74) is -0.594. The number of nitrogens with zero attached hydrogens (tertiary/aromatic N) is 5. The van der Waals surface area contributed by atoms with Crippen molar-refractivity contribution in [2.45, 2.75) is 84.7 Å². The van der Waals surface area contributed by atoms with Crippen LogP contribution < -0.4 is 25.6 Å². The van der Waals surface area contributed by atoms with Crippen LogP contribution in [0.4, 0.5) is 30.2 Å². The van der Waals surface area contributed by atoms with Gasteiger partial charge in [-0.2, -0.15) is 13.2 Å². The number of thioether (sulfide) groups is 1. The van der Waals surface area contributed by atoms with Crippen LogP contribution in [0.3, 0.4) is 0 Å². The van der Waals surface area contributed by atoms with E-state index in [-0.39, 0.29) is 99.5 Å². The van der Waals surface area contributed by atoms with Crippen molar-refractivity contribution in [3.05, 3.63) is 148 Å². The van der Waals surface area contributed by atoms with E-state index in [2.05, 4.69) is 56.6 Å². The van der Waals surface area contributed by atoms with Gasteiger partial charge in [-0.3, -0.25) is 48.8 Å². The summed E-state index contributed by atoms with van der Waals surface area (Å²) in [4.78, 5) is 85.1. The van der Waals surface area contributed by atoms with Crippen molar-refractivity contribution >= 4 is 101 Å². The molecule has 0 bridgehead atoms. The second-order valence-corrected chi connectivity index (χ2v) is 30.9. The zero-order valence-corrected chi connectivity index (χ0v) is 58.9. The number of hydrogen-bond acceptors (Lipinski definition) is 20. The molecule has 2 unspecified atom stereocenters. The maximum Gasteiger partial charge on any atom is 0.501 e. The number of imide groups is 2. The lowest BCUT2D eigenvalue weighted by molar-refractivity contribution is -0.138. The summed E-state index contributed by atoms with van der Waals surface area (Å²) < 4.78 is 122. The number of nitrogens with one attached hydrogen (secondary N) is 4. The molecule has 3 saturated heterocycles. The molecule has 23 nitrogen and oxygen atoms in total. The first-order chi connectivity index (χ1) is 47.8. The molecule has 5 aromatic rings. The smallest absolute Gasteiger partial charge is 0.382 e. The molecular weight excluding hydrogens is 1380 g/mol. The zero-order valence-electron chi connectivity index (χ0n) is 55.7. The number of piperidine rings is 1. The molecule has 4 heterocycles. The van der Waals surface area contributed by atoms with Crippen LogP contribution in [0.1, 0.15) is 89.0 Å². The number of rotatable bonds is 32. The number of sulfone groups is 1. The van der Waals surface area contributed by atoms with Gasteiger partial charge in [0.25, 0.3) is 37.6 Å². The van der Waals surface area contributed by atoms with Gasteiger partial charge in [0, 0.05) is 117 Å². The van der Waals surface area contributed by atoms with Crippen molar-refractivity contribution in [1.29, 1.82) is 0 Å². The molecule has 100 heavy (non-hydrogen) atoms. The Bertz CT molecular complexity index is 4010. The molecule has 0 spiro atoms. The standard InChI is InChI=1S/C70H83ClF3N9O14S3/c1-69(2)25-23-56(48-11-15-51(71)16-12-48)50(44-69)45-80-30-32-81(33-31-80)53-17-13-49(14-18-53)65(86)78-100(92,93)55-19-20-58(61(43-55)99(90,91)70(72,73)74)76-52(47-98-54-7-4-3-5-8-54)24-27-79-28-34-82(35-29-79)63(85)46-97-42-41-96-40-39-95-38-37-94-36-26-75-59-10-6-9-57-64(59)68(89)83(67(57)88)60-21-22-62(84)77-66(60)87/h3-20,43,52,60,75-76H,21-42,44-47H2,1-2H3,(H,78,86)(H,77,84,87). The topological polar surface area (TPSA) is 272 Å². The first-order valence-corrected chi connectivity index (χ1v) is 37.6. The maximum absolute atomic E-state index is 14.5. The molecule has 0 aromatic heterocycles. The summed E-state index contributed by atoms with van der Waals surface area (Å²) in [5.74, 6) is -3.37. The minimum absolute atomic E-state index is 0.0217. The molecule has 4 aliphatic heterocycles. The lowest BCUT2D eigenvalue weighted by Gasteiger charge is -2.39. The normalized spacial score (nSPS) is 18.3. The van der Waals surface area contributed by atoms with E-state index in [0.717, 1.165) is 66.5 Å². The third-order valence-electron chi connectivity index (χ3n) is 18.2. The van der Waals surface area contributed by atoms with E-state index in [9.17, 15) is 58.8 Å². The molecule has 5 aliphatic rings. The molecule has 538 valence electrons. The minimum Gasteiger partial charge on any atom is -0.382 e. The zero-order chi connectivity index (χ0) is 71.2. The van der Waals surface area contributed by atoms with Crippen molar-refractivity contribution in [2.24, 2.45) is 5.41 Å². The molecular formula is C70H83ClF3N9O14S3. The van der Waals surface area contributed by atoms with E-state index in [1.54, 1.807) is 29.2 Å². The van der Waals surface area contributed by atoms with Crippen LogP contribution >= 0.6 is 23.4 Å². The third-order valence-corrected chi connectivity index (χ3v) is 22.5. The second-order valence-electron chi connectivity index (χ2n) is 25.8. The van der Waals surface area contributed by atoms with Crippen LogP contribution in [-0.4, -0.2) is 220 Å². The Balaban J connectivity index is 0.641. The highest BCUT2D eigenvalue weighted by atomic mass is 35.5. The monoisotopic (exact) mass is 1460 g/mol. The Morgan fingerprint density at radius 3 is 2.06 bits per heavy atom. The van der Waals surface area contributed by atoms with Crippen molar-refractivity contribution in [2.75, 3.05) is 146 Å². The molecule has 2 atom stereocenters. The number of alkyl halides is 3. The first-order valence-electron chi connectivity index (χ1n) is 33.2. The SMILES string of the molecule is CC1(C)CCC(c2ccc(Cl)cc2)=C(CN2CCN(c3ccc(C(=O)NS(=O)(=O)c4ccc(NC(CCN5CCN(C(=O)COCCOCCOCCOCCNc6cccc7c6C(=O)N(C6CCC(=O)NC6=O)C7=O)CC5)CSc5ccccc5)c(S(=O)(=O)C(F)(F)F)c4)cc3)CC2)C1. The largest absolute Gasteiger partial charge is 0.501 e. The van der Waals surface area contributed by atoms with Crippen LogP contribution in [0, 0.1) is 5.41 Å². The molecule has 5 aromatic carbocycles. The molecule has 10 rings (SSSR count). The highest BCUT2D eigenvalue weighted by Crippen LogP contribution is 2.43. The van der Waals surface area contributed by atoms with E-state index in [0.29, 0.717) is 75.6 Å². The highest BCUT2D eigenvalue weighted by Gasteiger charge is 2.49. The number of hydrogen-bond donors (Lipinski definition) is 4. The maximum atomic E-state index is 14.5. The number of amides is 6. The van der Waals surface area contributed by atoms with E-state index in [4.69, 9.17) is 30.5 Å². The predicted molar refractivity (Wildman–Crippen MR) is 373 cm³/mol. The molecule has 4 N–H and O–H groups in total. The Morgan fingerprint density at radius 2 is 1.39 bits per heavy atom.